The molecular formula is C11H16O4. The van der Waals surface area contributed by atoms with Gasteiger partial charge in [-0.1, -0.05) is 18.6 Å². The van der Waals surface area contributed by atoms with Gasteiger partial charge in [-0.25, -0.2) is 0 Å². The van der Waals surface area contributed by atoms with Gasteiger partial charge in [-0.3, -0.25) is 9.59 Å². The normalized spacial score (nSPS) is 31.7. The Hall–Kier alpha value is -1.32. The molecule has 0 spiro atoms. The minimum Gasteiger partial charge on any atom is -0.481 e. The lowest BCUT2D eigenvalue weighted by Gasteiger charge is -2.31. The Bertz CT molecular complexity index is 282. The van der Waals surface area contributed by atoms with Crippen LogP contribution in [0.15, 0.2) is 12.2 Å². The maximum absolute atomic E-state index is 11.1. The predicted molar refractivity (Wildman–Crippen MR) is 54.4 cm³/mol. The van der Waals surface area contributed by atoms with Gasteiger partial charge in [0.05, 0.1) is 11.8 Å². The first-order valence-corrected chi connectivity index (χ1v) is 5.16. The largest absolute Gasteiger partial charge is 0.481 e. The highest BCUT2D eigenvalue weighted by molar-refractivity contribution is 5.80. The third kappa shape index (κ3) is 2.58. The molecule has 1 aliphatic carbocycles. The minimum atomic E-state index is -0.995. The average Bonchev–Trinajstić information content (AvgIpc) is 2.17. The molecule has 1 aliphatic rings. The Morgan fingerprint density at radius 2 is 1.87 bits per heavy atom. The summed E-state index contributed by atoms with van der Waals surface area (Å²) in [7, 11) is 0. The molecule has 0 amide bonds. The monoisotopic (exact) mass is 212 g/mol. The van der Waals surface area contributed by atoms with Gasteiger partial charge in [0, 0.05) is 0 Å². The van der Waals surface area contributed by atoms with Crippen LogP contribution in [-0.2, 0) is 9.59 Å². The maximum Gasteiger partial charge on any atom is 0.307 e. The first-order valence-electron chi connectivity index (χ1n) is 5.16. The van der Waals surface area contributed by atoms with Gasteiger partial charge in [0.1, 0.15) is 0 Å². The molecule has 0 aliphatic heterocycles. The molecule has 0 aromatic carbocycles. The molecule has 0 radical (unpaired) electrons. The van der Waals surface area contributed by atoms with Crippen LogP contribution in [0.4, 0.5) is 0 Å². The fourth-order valence-electron chi connectivity index (χ4n) is 2.33. The summed E-state index contributed by atoms with van der Waals surface area (Å²) < 4.78 is 0. The Labute approximate surface area is 88.6 Å². The molecular weight excluding hydrogens is 196 g/mol. The summed E-state index contributed by atoms with van der Waals surface area (Å²) >= 11 is 0. The quantitative estimate of drug-likeness (QED) is 0.699. The SMILES string of the molecule is C/C=C\C1CCC[C@H](C(=O)O)[C@@H]1C(=O)O. The van der Waals surface area contributed by atoms with Crippen molar-refractivity contribution in [1.29, 1.82) is 0 Å². The van der Waals surface area contributed by atoms with Crippen molar-refractivity contribution in [2.24, 2.45) is 17.8 Å². The average molecular weight is 212 g/mol. The molecule has 2 N–H and O–H groups in total. The van der Waals surface area contributed by atoms with Gasteiger partial charge in [0.2, 0.25) is 0 Å². The number of hydrogen-bond donors (Lipinski definition) is 2. The van der Waals surface area contributed by atoms with Crippen LogP contribution in [0.25, 0.3) is 0 Å². The fraction of sp³-hybridized carbons (Fsp3) is 0.636. The third-order valence-corrected chi connectivity index (χ3v) is 2.99. The molecule has 4 heteroatoms. The van der Waals surface area contributed by atoms with Crippen LogP contribution >= 0.6 is 0 Å². The van der Waals surface area contributed by atoms with Gasteiger partial charge in [0.15, 0.2) is 0 Å². The molecule has 1 fully saturated rings. The number of hydrogen-bond acceptors (Lipinski definition) is 2. The van der Waals surface area contributed by atoms with Crippen molar-refractivity contribution in [2.75, 3.05) is 0 Å². The van der Waals surface area contributed by atoms with E-state index in [4.69, 9.17) is 10.2 Å². The number of allylic oxidation sites excluding steroid dienone is 2. The van der Waals surface area contributed by atoms with Gasteiger partial charge in [-0.05, 0) is 25.7 Å². The molecule has 0 heterocycles. The number of carboxylic acids is 2. The summed E-state index contributed by atoms with van der Waals surface area (Å²) in [6.45, 7) is 1.82. The van der Waals surface area contributed by atoms with E-state index in [1.54, 1.807) is 6.08 Å². The van der Waals surface area contributed by atoms with Crippen LogP contribution in [0.1, 0.15) is 26.2 Å². The molecule has 0 aromatic rings. The first-order chi connectivity index (χ1) is 7.07. The van der Waals surface area contributed by atoms with Crippen LogP contribution in [0.3, 0.4) is 0 Å². The molecule has 0 bridgehead atoms. The third-order valence-electron chi connectivity index (χ3n) is 2.99. The highest BCUT2D eigenvalue weighted by atomic mass is 16.4. The first kappa shape index (κ1) is 11.8. The Morgan fingerprint density at radius 3 is 2.33 bits per heavy atom. The smallest absolute Gasteiger partial charge is 0.307 e. The molecule has 1 unspecified atom stereocenters. The number of carbonyl (C=O) groups is 2. The molecule has 1 saturated carbocycles. The predicted octanol–water partition coefficient (Wildman–Crippen LogP) is 1.76. The van der Waals surface area contributed by atoms with Gasteiger partial charge in [0.25, 0.3) is 0 Å². The summed E-state index contributed by atoms with van der Waals surface area (Å²) in [6.07, 6.45) is 5.64. The standard InChI is InChI=1S/C11H16O4/c1-2-4-7-5-3-6-8(10(12)13)9(7)11(14)15/h2,4,7-9H,3,5-6H2,1H3,(H,12,13)(H,14,15)/b4-2-/t7?,8-,9+/m0/s1. The summed E-state index contributed by atoms with van der Waals surface area (Å²) in [4.78, 5) is 22.0. The van der Waals surface area contributed by atoms with Crippen LogP contribution in [0.5, 0.6) is 0 Å². The van der Waals surface area contributed by atoms with Crippen LogP contribution in [-0.4, -0.2) is 22.2 Å². The second kappa shape index (κ2) is 4.96. The molecule has 4 nitrogen and oxygen atoms in total. The Kier molecular flexibility index (Phi) is 3.88. The fourth-order valence-corrected chi connectivity index (χ4v) is 2.33. The lowest BCUT2D eigenvalue weighted by Crippen LogP contribution is -2.37. The van der Waals surface area contributed by atoms with Crippen molar-refractivity contribution in [3.8, 4) is 0 Å². The summed E-state index contributed by atoms with van der Waals surface area (Å²) in [5.74, 6) is -3.63. The summed E-state index contributed by atoms with van der Waals surface area (Å²) in [5.41, 5.74) is 0. The Balaban J connectivity index is 2.90. The van der Waals surface area contributed by atoms with E-state index in [0.717, 1.165) is 12.8 Å². The van der Waals surface area contributed by atoms with Crippen molar-refractivity contribution in [2.45, 2.75) is 26.2 Å². The van der Waals surface area contributed by atoms with E-state index in [1.165, 1.54) is 0 Å². The zero-order valence-electron chi connectivity index (χ0n) is 8.72. The summed E-state index contributed by atoms with van der Waals surface area (Å²) in [6, 6.07) is 0. The molecule has 84 valence electrons. The van der Waals surface area contributed by atoms with E-state index in [1.807, 2.05) is 13.0 Å². The van der Waals surface area contributed by atoms with E-state index in [2.05, 4.69) is 0 Å². The van der Waals surface area contributed by atoms with Crippen LogP contribution in [0, 0.1) is 17.8 Å². The molecule has 1 rings (SSSR count). The van der Waals surface area contributed by atoms with E-state index in [-0.39, 0.29) is 5.92 Å². The second-order valence-electron chi connectivity index (χ2n) is 3.93. The minimum absolute atomic E-state index is 0.137. The number of rotatable bonds is 3. The molecule has 0 aromatic heterocycles. The second-order valence-corrected chi connectivity index (χ2v) is 3.93. The van der Waals surface area contributed by atoms with E-state index in [9.17, 15) is 9.59 Å². The van der Waals surface area contributed by atoms with Crippen molar-refractivity contribution in [3.05, 3.63) is 12.2 Å². The van der Waals surface area contributed by atoms with Crippen molar-refractivity contribution < 1.29 is 19.8 Å². The lowest BCUT2D eigenvalue weighted by molar-refractivity contribution is -0.157. The topological polar surface area (TPSA) is 74.6 Å². The zero-order chi connectivity index (χ0) is 11.4. The van der Waals surface area contributed by atoms with Gasteiger partial charge in [-0.15, -0.1) is 0 Å². The van der Waals surface area contributed by atoms with Gasteiger partial charge in [-0.2, -0.15) is 0 Å². The zero-order valence-corrected chi connectivity index (χ0v) is 8.72. The van der Waals surface area contributed by atoms with Crippen LogP contribution in [0.2, 0.25) is 0 Å². The highest BCUT2D eigenvalue weighted by Crippen LogP contribution is 2.36. The molecule has 0 saturated heterocycles. The van der Waals surface area contributed by atoms with Crippen molar-refractivity contribution in [3.63, 3.8) is 0 Å². The maximum atomic E-state index is 11.1. The number of carboxylic acid groups (broad SMARTS) is 2. The van der Waals surface area contributed by atoms with Gasteiger partial charge < -0.3 is 10.2 Å². The van der Waals surface area contributed by atoms with E-state index < -0.39 is 23.8 Å². The van der Waals surface area contributed by atoms with Crippen molar-refractivity contribution in [1.82, 2.24) is 0 Å². The molecule has 15 heavy (non-hydrogen) atoms. The van der Waals surface area contributed by atoms with E-state index in [0.29, 0.717) is 6.42 Å². The Morgan fingerprint density at radius 1 is 1.20 bits per heavy atom. The lowest BCUT2D eigenvalue weighted by atomic mass is 9.72. The highest BCUT2D eigenvalue weighted by Gasteiger charge is 2.40. The summed E-state index contributed by atoms with van der Waals surface area (Å²) in [5, 5.41) is 18.0. The van der Waals surface area contributed by atoms with Gasteiger partial charge >= 0.3 is 11.9 Å². The van der Waals surface area contributed by atoms with Crippen molar-refractivity contribution >= 4 is 11.9 Å². The van der Waals surface area contributed by atoms with E-state index >= 15 is 0 Å². The molecule has 3 atom stereocenters. The van der Waals surface area contributed by atoms with Crippen LogP contribution < -0.4 is 0 Å². The number of aliphatic carboxylic acids is 2.